The highest BCUT2D eigenvalue weighted by Crippen LogP contribution is 2.45. The lowest BCUT2D eigenvalue weighted by Gasteiger charge is -2.30. The third kappa shape index (κ3) is 3.56. The second-order valence-electron chi connectivity index (χ2n) is 6.81. The van der Waals surface area contributed by atoms with Gasteiger partial charge in [-0.1, -0.05) is 0 Å². The van der Waals surface area contributed by atoms with Crippen LogP contribution in [0.15, 0.2) is 18.2 Å². The van der Waals surface area contributed by atoms with E-state index in [4.69, 9.17) is 23.7 Å². The van der Waals surface area contributed by atoms with Gasteiger partial charge in [-0.3, -0.25) is 0 Å². The largest absolute Gasteiger partial charge is 0.493 e. The molecule has 1 N–H and O–H groups in total. The fraction of sp³-hybridized carbons (Fsp3) is 0.455. The van der Waals surface area contributed by atoms with Crippen LogP contribution in [0.3, 0.4) is 0 Å². The highest BCUT2D eigenvalue weighted by molar-refractivity contribution is 5.61. The zero-order chi connectivity index (χ0) is 20.3. The van der Waals surface area contributed by atoms with E-state index in [9.17, 15) is 0 Å². The Balaban J connectivity index is 2.04. The first-order valence-electron chi connectivity index (χ1n) is 9.34. The van der Waals surface area contributed by atoms with Crippen LogP contribution >= 0.6 is 0 Å². The number of hydrogen-bond acceptors (Lipinski definition) is 6. The van der Waals surface area contributed by atoms with E-state index in [1.54, 1.807) is 35.5 Å². The predicted octanol–water partition coefficient (Wildman–Crippen LogP) is 3.47. The van der Waals surface area contributed by atoms with Crippen molar-refractivity contribution < 1.29 is 23.7 Å². The van der Waals surface area contributed by atoms with Crippen molar-refractivity contribution in [2.75, 3.05) is 42.1 Å². The van der Waals surface area contributed by atoms with Crippen LogP contribution < -0.4 is 29.0 Å². The molecule has 0 saturated carbocycles. The maximum atomic E-state index is 5.70. The van der Waals surface area contributed by atoms with E-state index in [2.05, 4.69) is 24.4 Å². The average Bonchev–Trinajstić information content (AvgIpc) is 2.73. The molecule has 0 amide bonds. The van der Waals surface area contributed by atoms with Gasteiger partial charge < -0.3 is 29.0 Å². The molecule has 152 valence electrons. The van der Waals surface area contributed by atoms with Gasteiger partial charge in [0.1, 0.15) is 0 Å². The van der Waals surface area contributed by atoms with Crippen molar-refractivity contribution in [1.82, 2.24) is 5.32 Å². The molecule has 1 aliphatic rings. The van der Waals surface area contributed by atoms with Gasteiger partial charge in [-0.25, -0.2) is 0 Å². The molecule has 28 heavy (non-hydrogen) atoms. The van der Waals surface area contributed by atoms with Gasteiger partial charge in [0.25, 0.3) is 0 Å². The van der Waals surface area contributed by atoms with E-state index >= 15 is 0 Å². The lowest BCUT2D eigenvalue weighted by atomic mass is 9.88. The summed E-state index contributed by atoms with van der Waals surface area (Å²) in [4.78, 5) is 0. The summed E-state index contributed by atoms with van der Waals surface area (Å²) in [5, 5.41) is 3.63. The van der Waals surface area contributed by atoms with Crippen molar-refractivity contribution in [2.45, 2.75) is 25.8 Å². The lowest BCUT2D eigenvalue weighted by Crippen LogP contribution is -2.32. The van der Waals surface area contributed by atoms with E-state index in [0.29, 0.717) is 11.5 Å². The summed E-state index contributed by atoms with van der Waals surface area (Å²) >= 11 is 0. The first-order chi connectivity index (χ1) is 13.6. The van der Waals surface area contributed by atoms with E-state index in [1.165, 1.54) is 22.3 Å². The number of ether oxygens (including phenoxy) is 5. The van der Waals surface area contributed by atoms with Gasteiger partial charge >= 0.3 is 0 Å². The Kier molecular flexibility index (Phi) is 6.19. The maximum Gasteiger partial charge on any atom is 0.203 e. The molecule has 6 nitrogen and oxygen atoms in total. The minimum atomic E-state index is 0.134. The number of hydrogen-bond donors (Lipinski definition) is 1. The number of aryl methyl sites for hydroxylation is 1. The molecule has 1 aliphatic heterocycles. The van der Waals surface area contributed by atoms with Gasteiger partial charge in [0, 0.05) is 11.6 Å². The molecule has 0 fully saturated rings. The highest BCUT2D eigenvalue weighted by atomic mass is 16.5. The molecular formula is C22H29NO5. The van der Waals surface area contributed by atoms with Crippen molar-refractivity contribution in [3.63, 3.8) is 0 Å². The lowest BCUT2D eigenvalue weighted by molar-refractivity contribution is 0.318. The monoisotopic (exact) mass is 387 g/mol. The Morgan fingerprint density at radius 3 is 2.07 bits per heavy atom. The van der Waals surface area contributed by atoms with Gasteiger partial charge in [0.2, 0.25) is 5.75 Å². The number of methoxy groups -OCH3 is 5. The summed E-state index contributed by atoms with van der Waals surface area (Å²) in [6, 6.07) is 6.27. The summed E-state index contributed by atoms with van der Waals surface area (Å²) in [6.07, 6.45) is 1.69. The second kappa shape index (κ2) is 8.61. The quantitative estimate of drug-likeness (QED) is 0.785. The minimum absolute atomic E-state index is 0.134. The Morgan fingerprint density at radius 2 is 1.46 bits per heavy atom. The topological polar surface area (TPSA) is 58.2 Å². The third-order valence-corrected chi connectivity index (χ3v) is 5.37. The summed E-state index contributed by atoms with van der Waals surface area (Å²) in [7, 11) is 8.27. The van der Waals surface area contributed by atoms with Crippen molar-refractivity contribution in [3.05, 3.63) is 40.5 Å². The van der Waals surface area contributed by atoms with Gasteiger partial charge in [-0.05, 0) is 61.2 Å². The third-order valence-electron chi connectivity index (χ3n) is 5.37. The fourth-order valence-corrected chi connectivity index (χ4v) is 3.93. The Bertz CT molecular complexity index is 850. The standard InChI is InChI=1S/C22H29NO5/c1-13-9-18(24-2)19(25-3)11-14(13)10-17-16-12-20(26-4)22(28-6)21(27-5)15(16)7-8-23-17/h9,11-12,17,23H,7-8,10H2,1-6H3/t17-/m0/s1. The zero-order valence-corrected chi connectivity index (χ0v) is 17.5. The van der Waals surface area contributed by atoms with E-state index in [-0.39, 0.29) is 6.04 Å². The van der Waals surface area contributed by atoms with Crippen molar-refractivity contribution in [3.8, 4) is 28.7 Å². The van der Waals surface area contributed by atoms with Crippen LogP contribution in [-0.2, 0) is 12.8 Å². The Morgan fingerprint density at radius 1 is 0.821 bits per heavy atom. The van der Waals surface area contributed by atoms with Crippen LogP contribution in [0.1, 0.15) is 28.3 Å². The average molecular weight is 387 g/mol. The molecule has 0 radical (unpaired) electrons. The molecule has 6 heteroatoms. The second-order valence-corrected chi connectivity index (χ2v) is 6.81. The molecule has 0 aliphatic carbocycles. The van der Waals surface area contributed by atoms with Crippen LogP contribution in [0.5, 0.6) is 28.7 Å². The van der Waals surface area contributed by atoms with Crippen LogP contribution in [0.4, 0.5) is 0 Å². The Hall–Kier alpha value is -2.60. The van der Waals surface area contributed by atoms with Crippen molar-refractivity contribution >= 4 is 0 Å². The van der Waals surface area contributed by atoms with Crippen LogP contribution in [0, 0.1) is 6.92 Å². The van der Waals surface area contributed by atoms with E-state index in [1.807, 2.05) is 6.07 Å². The molecule has 0 bridgehead atoms. The van der Waals surface area contributed by atoms with Crippen LogP contribution in [0.25, 0.3) is 0 Å². The van der Waals surface area contributed by atoms with Gasteiger partial charge in [0.05, 0.1) is 35.5 Å². The highest BCUT2D eigenvalue weighted by Gasteiger charge is 2.28. The molecule has 3 rings (SSSR count). The minimum Gasteiger partial charge on any atom is -0.493 e. The molecule has 1 atom stereocenters. The summed E-state index contributed by atoms with van der Waals surface area (Å²) in [5.41, 5.74) is 4.72. The van der Waals surface area contributed by atoms with E-state index in [0.717, 1.165) is 36.6 Å². The zero-order valence-electron chi connectivity index (χ0n) is 17.5. The van der Waals surface area contributed by atoms with Crippen LogP contribution in [0.2, 0.25) is 0 Å². The normalized spacial score (nSPS) is 15.6. The molecule has 0 aromatic heterocycles. The molecule has 2 aromatic rings. The molecule has 2 aromatic carbocycles. The SMILES string of the molecule is COc1cc(C)c(C[C@@H]2NCCc3c2cc(OC)c(OC)c3OC)cc1OC. The first kappa shape index (κ1) is 20.1. The first-order valence-corrected chi connectivity index (χ1v) is 9.34. The molecule has 0 unspecified atom stereocenters. The van der Waals surface area contributed by atoms with Gasteiger partial charge in [0.15, 0.2) is 23.0 Å². The number of nitrogens with one attached hydrogen (secondary N) is 1. The van der Waals surface area contributed by atoms with Crippen molar-refractivity contribution in [1.29, 1.82) is 0 Å². The molecule has 0 saturated heterocycles. The van der Waals surface area contributed by atoms with Gasteiger partial charge in [-0.2, -0.15) is 0 Å². The summed E-state index contributed by atoms with van der Waals surface area (Å²) in [5.74, 6) is 3.56. The summed E-state index contributed by atoms with van der Waals surface area (Å²) in [6.45, 7) is 2.96. The number of rotatable bonds is 7. The maximum absolute atomic E-state index is 5.70. The predicted molar refractivity (Wildman–Crippen MR) is 109 cm³/mol. The Labute approximate surface area is 166 Å². The fourth-order valence-electron chi connectivity index (χ4n) is 3.93. The van der Waals surface area contributed by atoms with E-state index < -0.39 is 0 Å². The summed E-state index contributed by atoms with van der Waals surface area (Å²) < 4.78 is 27.7. The number of benzene rings is 2. The van der Waals surface area contributed by atoms with Gasteiger partial charge in [-0.15, -0.1) is 0 Å². The smallest absolute Gasteiger partial charge is 0.203 e. The van der Waals surface area contributed by atoms with Crippen molar-refractivity contribution in [2.24, 2.45) is 0 Å². The molecular weight excluding hydrogens is 358 g/mol. The van der Waals surface area contributed by atoms with Crippen LogP contribution in [-0.4, -0.2) is 42.1 Å². The molecule has 1 heterocycles. The number of fused-ring (bicyclic) bond motifs is 1. The molecule has 0 spiro atoms.